The molecule has 2 rings (SSSR count). The first-order valence-electron chi connectivity index (χ1n) is 5.87. The van der Waals surface area contributed by atoms with Crippen LogP contribution in [0.4, 0.5) is 0 Å². The largest absolute Gasteiger partial charge is 0.337 e. The second-order valence-corrected chi connectivity index (χ2v) is 5.70. The fourth-order valence-electron chi connectivity index (χ4n) is 2.12. The van der Waals surface area contributed by atoms with E-state index in [0.29, 0.717) is 12.5 Å². The minimum absolute atomic E-state index is 0.0809. The minimum atomic E-state index is 0.0809. The van der Waals surface area contributed by atoms with Crippen molar-refractivity contribution >= 4 is 28.5 Å². The molecule has 1 aromatic carbocycles. The average Bonchev–Trinajstić information content (AvgIpc) is 3.14. The Morgan fingerprint density at radius 1 is 1.53 bits per heavy atom. The van der Waals surface area contributed by atoms with Crippen molar-refractivity contribution in [3.63, 3.8) is 0 Å². The summed E-state index contributed by atoms with van der Waals surface area (Å²) in [4.78, 5) is 14.2. The maximum Gasteiger partial charge on any atom is 0.254 e. The third kappa shape index (κ3) is 2.80. The summed E-state index contributed by atoms with van der Waals surface area (Å²) in [5.41, 5.74) is 6.55. The molecule has 0 aliphatic heterocycles. The van der Waals surface area contributed by atoms with E-state index in [1.807, 2.05) is 36.2 Å². The standard InChI is InChI=1S/C13H17IN2O/c1-16(12(8-15)9-6-7-9)13(17)10-4-2-3-5-11(10)14/h2-5,9,12H,6-8,15H2,1H3. The van der Waals surface area contributed by atoms with E-state index in [-0.39, 0.29) is 11.9 Å². The summed E-state index contributed by atoms with van der Waals surface area (Å²) in [5.74, 6) is 0.688. The molecule has 1 amide bonds. The number of halogens is 1. The molecule has 0 radical (unpaired) electrons. The number of likely N-dealkylation sites (N-methyl/N-ethyl adjacent to an activating group) is 1. The van der Waals surface area contributed by atoms with Crippen LogP contribution in [0.5, 0.6) is 0 Å². The molecule has 0 spiro atoms. The molecule has 92 valence electrons. The van der Waals surface area contributed by atoms with Gasteiger partial charge >= 0.3 is 0 Å². The van der Waals surface area contributed by atoms with E-state index in [1.165, 1.54) is 12.8 Å². The van der Waals surface area contributed by atoms with Crippen molar-refractivity contribution in [3.8, 4) is 0 Å². The maximum absolute atomic E-state index is 12.4. The monoisotopic (exact) mass is 344 g/mol. The van der Waals surface area contributed by atoms with E-state index in [2.05, 4.69) is 22.6 Å². The number of carbonyl (C=O) groups is 1. The van der Waals surface area contributed by atoms with Crippen molar-refractivity contribution in [2.24, 2.45) is 11.7 Å². The van der Waals surface area contributed by atoms with Gasteiger partial charge in [-0.1, -0.05) is 12.1 Å². The van der Waals surface area contributed by atoms with Gasteiger partial charge in [-0.25, -0.2) is 0 Å². The van der Waals surface area contributed by atoms with Gasteiger partial charge in [-0.15, -0.1) is 0 Å². The van der Waals surface area contributed by atoms with Crippen LogP contribution in [0.2, 0.25) is 0 Å². The number of nitrogens with two attached hydrogens (primary N) is 1. The summed E-state index contributed by atoms with van der Waals surface area (Å²) in [6, 6.07) is 7.87. The Morgan fingerprint density at radius 2 is 2.18 bits per heavy atom. The quantitative estimate of drug-likeness (QED) is 0.851. The normalized spacial score (nSPS) is 16.6. The summed E-state index contributed by atoms with van der Waals surface area (Å²) in [7, 11) is 1.86. The van der Waals surface area contributed by atoms with Crippen LogP contribution >= 0.6 is 22.6 Å². The van der Waals surface area contributed by atoms with Gasteiger partial charge in [-0.2, -0.15) is 0 Å². The van der Waals surface area contributed by atoms with Gasteiger partial charge < -0.3 is 10.6 Å². The lowest BCUT2D eigenvalue weighted by atomic mass is 10.1. The molecule has 1 aromatic rings. The highest BCUT2D eigenvalue weighted by atomic mass is 127. The van der Waals surface area contributed by atoms with Crippen LogP contribution in [0, 0.1) is 9.49 Å². The molecule has 0 heterocycles. The van der Waals surface area contributed by atoms with Crippen molar-refractivity contribution in [1.29, 1.82) is 0 Å². The van der Waals surface area contributed by atoms with Gasteiger partial charge in [-0.3, -0.25) is 4.79 Å². The smallest absolute Gasteiger partial charge is 0.254 e. The predicted octanol–water partition coefficient (Wildman–Crippen LogP) is 2.10. The number of benzene rings is 1. The van der Waals surface area contributed by atoms with Crippen LogP contribution in [-0.2, 0) is 0 Å². The first-order valence-corrected chi connectivity index (χ1v) is 6.94. The molecule has 1 fully saturated rings. The van der Waals surface area contributed by atoms with E-state index in [4.69, 9.17) is 5.73 Å². The zero-order valence-corrected chi connectivity index (χ0v) is 12.1. The maximum atomic E-state index is 12.4. The van der Waals surface area contributed by atoms with Crippen LogP contribution in [0.3, 0.4) is 0 Å². The number of rotatable bonds is 4. The highest BCUT2D eigenvalue weighted by Gasteiger charge is 2.35. The molecule has 2 N–H and O–H groups in total. The van der Waals surface area contributed by atoms with Gasteiger partial charge in [0, 0.05) is 23.2 Å². The Labute approximate surface area is 116 Å². The Kier molecular flexibility index (Phi) is 4.04. The molecule has 0 aromatic heterocycles. The molecule has 1 aliphatic rings. The summed E-state index contributed by atoms with van der Waals surface area (Å²) in [6.07, 6.45) is 2.40. The van der Waals surface area contributed by atoms with Gasteiger partial charge in [0.25, 0.3) is 5.91 Å². The van der Waals surface area contributed by atoms with Crippen LogP contribution < -0.4 is 5.73 Å². The first kappa shape index (κ1) is 12.8. The van der Waals surface area contributed by atoms with Crippen LogP contribution in [-0.4, -0.2) is 30.4 Å². The molecule has 0 saturated heterocycles. The van der Waals surface area contributed by atoms with Gasteiger partial charge in [0.2, 0.25) is 0 Å². The minimum Gasteiger partial charge on any atom is -0.337 e. The third-order valence-electron chi connectivity index (χ3n) is 3.33. The fourth-order valence-corrected chi connectivity index (χ4v) is 2.74. The number of hydrogen-bond acceptors (Lipinski definition) is 2. The lowest BCUT2D eigenvalue weighted by molar-refractivity contribution is 0.0717. The Bertz CT molecular complexity index is 418. The van der Waals surface area contributed by atoms with Crippen LogP contribution in [0.1, 0.15) is 23.2 Å². The molecule has 4 heteroatoms. The average molecular weight is 344 g/mol. The van der Waals surface area contributed by atoms with Gasteiger partial charge in [0.15, 0.2) is 0 Å². The zero-order valence-electron chi connectivity index (χ0n) is 9.90. The summed E-state index contributed by atoms with van der Waals surface area (Å²) in [6.45, 7) is 0.552. The Hall–Kier alpha value is -0.620. The fraction of sp³-hybridized carbons (Fsp3) is 0.462. The summed E-state index contributed by atoms with van der Waals surface area (Å²) >= 11 is 2.20. The lowest BCUT2D eigenvalue weighted by Crippen LogP contribution is -2.43. The lowest BCUT2D eigenvalue weighted by Gasteiger charge is -2.27. The second-order valence-electron chi connectivity index (χ2n) is 4.54. The highest BCUT2D eigenvalue weighted by Crippen LogP contribution is 2.35. The SMILES string of the molecule is CN(C(=O)c1ccccc1I)C(CN)C1CC1. The van der Waals surface area contributed by atoms with Gasteiger partial charge in [0.1, 0.15) is 0 Å². The number of hydrogen-bond donors (Lipinski definition) is 1. The van der Waals surface area contributed by atoms with Crippen molar-refractivity contribution in [3.05, 3.63) is 33.4 Å². The van der Waals surface area contributed by atoms with Gasteiger partial charge in [0.05, 0.1) is 5.56 Å². The van der Waals surface area contributed by atoms with Gasteiger partial charge in [-0.05, 0) is 53.5 Å². The molecular weight excluding hydrogens is 327 g/mol. The molecule has 1 aliphatic carbocycles. The molecule has 1 unspecified atom stereocenters. The molecule has 1 atom stereocenters. The van der Waals surface area contributed by atoms with Crippen molar-refractivity contribution < 1.29 is 4.79 Å². The molecule has 17 heavy (non-hydrogen) atoms. The van der Waals surface area contributed by atoms with Crippen LogP contribution in [0.15, 0.2) is 24.3 Å². The predicted molar refractivity (Wildman–Crippen MR) is 76.8 cm³/mol. The zero-order chi connectivity index (χ0) is 12.4. The molecule has 3 nitrogen and oxygen atoms in total. The van der Waals surface area contributed by atoms with Crippen molar-refractivity contribution in [1.82, 2.24) is 4.90 Å². The third-order valence-corrected chi connectivity index (χ3v) is 4.27. The van der Waals surface area contributed by atoms with Crippen molar-refractivity contribution in [2.45, 2.75) is 18.9 Å². The van der Waals surface area contributed by atoms with Crippen LogP contribution in [0.25, 0.3) is 0 Å². The number of amides is 1. The van der Waals surface area contributed by atoms with E-state index in [1.54, 1.807) is 0 Å². The van der Waals surface area contributed by atoms with E-state index in [0.717, 1.165) is 9.13 Å². The Morgan fingerprint density at radius 3 is 2.71 bits per heavy atom. The summed E-state index contributed by atoms with van der Waals surface area (Å²) in [5, 5.41) is 0. The highest BCUT2D eigenvalue weighted by molar-refractivity contribution is 14.1. The second kappa shape index (κ2) is 5.35. The van der Waals surface area contributed by atoms with E-state index >= 15 is 0 Å². The Balaban J connectivity index is 2.16. The summed E-state index contributed by atoms with van der Waals surface area (Å²) < 4.78 is 0.994. The first-order chi connectivity index (χ1) is 8.15. The molecule has 1 saturated carbocycles. The topological polar surface area (TPSA) is 46.3 Å². The van der Waals surface area contributed by atoms with E-state index in [9.17, 15) is 4.79 Å². The number of nitrogens with zero attached hydrogens (tertiary/aromatic N) is 1. The van der Waals surface area contributed by atoms with E-state index < -0.39 is 0 Å². The molecule has 0 bridgehead atoms. The molecular formula is C13H17IN2O. The van der Waals surface area contributed by atoms with Crippen molar-refractivity contribution in [2.75, 3.05) is 13.6 Å². The number of carbonyl (C=O) groups excluding carboxylic acids is 1.